The van der Waals surface area contributed by atoms with Crippen molar-refractivity contribution in [3.63, 3.8) is 0 Å². The predicted molar refractivity (Wildman–Crippen MR) is 84.3 cm³/mol. The van der Waals surface area contributed by atoms with Crippen LogP contribution in [0.25, 0.3) is 0 Å². The fourth-order valence-corrected chi connectivity index (χ4v) is 3.36. The molecule has 1 aromatic carbocycles. The SMILES string of the molecule is COc1cc2c(cc1OC)CN(C(=O)CC1CCNC1)CC2. The molecule has 1 atom stereocenters. The molecule has 0 spiro atoms. The number of hydrogen-bond donors (Lipinski definition) is 1. The summed E-state index contributed by atoms with van der Waals surface area (Å²) in [7, 11) is 3.29. The first kappa shape index (κ1) is 15.2. The Bertz CT molecular complexity index is 553. The van der Waals surface area contributed by atoms with Crippen molar-refractivity contribution in [1.29, 1.82) is 0 Å². The lowest BCUT2D eigenvalue weighted by Crippen LogP contribution is -2.37. The summed E-state index contributed by atoms with van der Waals surface area (Å²) in [5, 5.41) is 3.32. The van der Waals surface area contributed by atoms with E-state index >= 15 is 0 Å². The number of hydrogen-bond acceptors (Lipinski definition) is 4. The minimum Gasteiger partial charge on any atom is -0.493 e. The van der Waals surface area contributed by atoms with E-state index in [1.165, 1.54) is 11.1 Å². The maximum absolute atomic E-state index is 12.5. The van der Waals surface area contributed by atoms with Gasteiger partial charge in [-0.25, -0.2) is 0 Å². The second kappa shape index (κ2) is 6.57. The highest BCUT2D eigenvalue weighted by atomic mass is 16.5. The van der Waals surface area contributed by atoms with Crippen LogP contribution in [-0.4, -0.2) is 44.7 Å². The maximum atomic E-state index is 12.5. The number of fused-ring (bicyclic) bond motifs is 1. The smallest absolute Gasteiger partial charge is 0.223 e. The highest BCUT2D eigenvalue weighted by molar-refractivity contribution is 5.77. The van der Waals surface area contributed by atoms with Crippen molar-refractivity contribution in [2.75, 3.05) is 33.9 Å². The molecule has 5 heteroatoms. The fourth-order valence-electron chi connectivity index (χ4n) is 3.36. The Kier molecular flexibility index (Phi) is 4.52. The predicted octanol–water partition coefficient (Wildman–Crippen LogP) is 1.59. The Balaban J connectivity index is 1.71. The van der Waals surface area contributed by atoms with Crippen molar-refractivity contribution in [3.8, 4) is 11.5 Å². The largest absolute Gasteiger partial charge is 0.493 e. The van der Waals surface area contributed by atoms with Gasteiger partial charge in [0, 0.05) is 19.5 Å². The maximum Gasteiger partial charge on any atom is 0.223 e. The molecule has 0 aromatic heterocycles. The second-order valence-electron chi connectivity index (χ2n) is 6.10. The van der Waals surface area contributed by atoms with Gasteiger partial charge in [-0.3, -0.25) is 4.79 Å². The number of methoxy groups -OCH3 is 2. The molecule has 1 saturated heterocycles. The summed E-state index contributed by atoms with van der Waals surface area (Å²) in [4.78, 5) is 14.5. The van der Waals surface area contributed by atoms with Crippen LogP contribution in [0, 0.1) is 5.92 Å². The van der Waals surface area contributed by atoms with E-state index < -0.39 is 0 Å². The third kappa shape index (κ3) is 3.04. The average molecular weight is 304 g/mol. The van der Waals surface area contributed by atoms with Crippen LogP contribution in [0.15, 0.2) is 12.1 Å². The van der Waals surface area contributed by atoms with E-state index in [9.17, 15) is 4.79 Å². The quantitative estimate of drug-likeness (QED) is 0.918. The zero-order chi connectivity index (χ0) is 15.5. The van der Waals surface area contributed by atoms with Crippen molar-refractivity contribution in [2.24, 2.45) is 5.92 Å². The van der Waals surface area contributed by atoms with Gasteiger partial charge >= 0.3 is 0 Å². The summed E-state index contributed by atoms with van der Waals surface area (Å²) in [6.45, 7) is 3.48. The van der Waals surface area contributed by atoms with E-state index in [4.69, 9.17) is 9.47 Å². The summed E-state index contributed by atoms with van der Waals surface area (Å²) < 4.78 is 10.7. The molecule has 3 rings (SSSR count). The molecule has 0 bridgehead atoms. The number of benzene rings is 1. The van der Waals surface area contributed by atoms with Gasteiger partial charge in [-0.15, -0.1) is 0 Å². The first-order chi connectivity index (χ1) is 10.7. The standard InChI is InChI=1S/C17H24N2O3/c1-21-15-8-13-4-6-19(11-14(13)9-16(15)22-2)17(20)7-12-3-5-18-10-12/h8-9,12,18H,3-7,10-11H2,1-2H3. The second-order valence-corrected chi connectivity index (χ2v) is 6.10. The molecule has 1 aromatic rings. The molecule has 2 aliphatic rings. The van der Waals surface area contributed by atoms with Gasteiger partial charge in [-0.05, 0) is 55.1 Å². The summed E-state index contributed by atoms with van der Waals surface area (Å²) in [5.41, 5.74) is 2.42. The molecule has 0 aliphatic carbocycles. The highest BCUT2D eigenvalue weighted by Gasteiger charge is 2.25. The van der Waals surface area contributed by atoms with Crippen LogP contribution in [0.1, 0.15) is 24.0 Å². The molecule has 0 radical (unpaired) electrons. The van der Waals surface area contributed by atoms with Crippen molar-refractivity contribution < 1.29 is 14.3 Å². The molecule has 1 fully saturated rings. The summed E-state index contributed by atoms with van der Waals surface area (Å²) in [6, 6.07) is 4.04. The summed E-state index contributed by atoms with van der Waals surface area (Å²) in [5.74, 6) is 2.27. The molecular formula is C17H24N2O3. The van der Waals surface area contributed by atoms with E-state index in [0.717, 1.165) is 44.0 Å². The molecule has 2 heterocycles. The van der Waals surface area contributed by atoms with E-state index in [2.05, 4.69) is 5.32 Å². The molecule has 1 amide bonds. The molecule has 120 valence electrons. The summed E-state index contributed by atoms with van der Waals surface area (Å²) in [6.07, 6.45) is 2.65. The van der Waals surface area contributed by atoms with Crippen molar-refractivity contribution >= 4 is 5.91 Å². The molecule has 2 aliphatic heterocycles. The van der Waals surface area contributed by atoms with Gasteiger partial charge in [-0.1, -0.05) is 0 Å². The van der Waals surface area contributed by atoms with Crippen LogP contribution in [0.4, 0.5) is 0 Å². The normalized spacial score (nSPS) is 20.6. The Morgan fingerprint density at radius 2 is 2.00 bits per heavy atom. The highest BCUT2D eigenvalue weighted by Crippen LogP contribution is 2.33. The lowest BCUT2D eigenvalue weighted by Gasteiger charge is -2.30. The minimum atomic E-state index is 0.272. The molecule has 22 heavy (non-hydrogen) atoms. The Morgan fingerprint density at radius 1 is 1.27 bits per heavy atom. The molecule has 1 unspecified atom stereocenters. The van der Waals surface area contributed by atoms with Gasteiger partial charge in [0.25, 0.3) is 0 Å². The van der Waals surface area contributed by atoms with Gasteiger partial charge in [0.05, 0.1) is 14.2 Å². The van der Waals surface area contributed by atoms with E-state index in [-0.39, 0.29) is 5.91 Å². The molecular weight excluding hydrogens is 280 g/mol. The van der Waals surface area contributed by atoms with Gasteiger partial charge in [0.1, 0.15) is 0 Å². The third-order valence-electron chi connectivity index (χ3n) is 4.70. The number of carbonyl (C=O) groups excluding carboxylic acids is 1. The number of ether oxygens (including phenoxy) is 2. The van der Waals surface area contributed by atoms with Crippen molar-refractivity contribution in [1.82, 2.24) is 10.2 Å². The van der Waals surface area contributed by atoms with Gasteiger partial charge in [-0.2, -0.15) is 0 Å². The van der Waals surface area contributed by atoms with Crippen molar-refractivity contribution in [3.05, 3.63) is 23.3 Å². The topological polar surface area (TPSA) is 50.8 Å². The van der Waals surface area contributed by atoms with Crippen LogP contribution in [-0.2, 0) is 17.8 Å². The fraction of sp³-hybridized carbons (Fsp3) is 0.588. The number of nitrogens with one attached hydrogen (secondary N) is 1. The number of nitrogens with zero attached hydrogens (tertiary/aromatic N) is 1. The van der Waals surface area contributed by atoms with Crippen LogP contribution in [0.5, 0.6) is 11.5 Å². The Labute approximate surface area is 131 Å². The van der Waals surface area contributed by atoms with Crippen LogP contribution in [0.2, 0.25) is 0 Å². The lowest BCUT2D eigenvalue weighted by atomic mass is 9.97. The molecule has 1 N–H and O–H groups in total. The zero-order valence-electron chi connectivity index (χ0n) is 13.4. The Morgan fingerprint density at radius 3 is 2.64 bits per heavy atom. The molecule has 5 nitrogen and oxygen atoms in total. The third-order valence-corrected chi connectivity index (χ3v) is 4.70. The average Bonchev–Trinajstić information content (AvgIpc) is 3.05. The van der Waals surface area contributed by atoms with Gasteiger partial charge in [0.2, 0.25) is 5.91 Å². The van der Waals surface area contributed by atoms with E-state index in [1.807, 2.05) is 17.0 Å². The number of carbonyl (C=O) groups is 1. The van der Waals surface area contributed by atoms with E-state index in [0.29, 0.717) is 18.9 Å². The Hall–Kier alpha value is -1.75. The number of rotatable bonds is 4. The van der Waals surface area contributed by atoms with Crippen LogP contribution in [0.3, 0.4) is 0 Å². The minimum absolute atomic E-state index is 0.272. The van der Waals surface area contributed by atoms with Crippen LogP contribution < -0.4 is 14.8 Å². The first-order valence-corrected chi connectivity index (χ1v) is 7.93. The lowest BCUT2D eigenvalue weighted by molar-refractivity contribution is -0.133. The molecule has 0 saturated carbocycles. The zero-order valence-corrected chi connectivity index (χ0v) is 13.4. The monoisotopic (exact) mass is 304 g/mol. The summed E-state index contributed by atoms with van der Waals surface area (Å²) >= 11 is 0. The van der Waals surface area contributed by atoms with Crippen LogP contribution >= 0.6 is 0 Å². The van der Waals surface area contributed by atoms with Gasteiger partial charge in [0.15, 0.2) is 11.5 Å². The number of amides is 1. The van der Waals surface area contributed by atoms with Crippen molar-refractivity contribution in [2.45, 2.75) is 25.8 Å². The van der Waals surface area contributed by atoms with Gasteiger partial charge < -0.3 is 19.7 Å². The van der Waals surface area contributed by atoms with E-state index in [1.54, 1.807) is 14.2 Å². The first-order valence-electron chi connectivity index (χ1n) is 7.93.